The molecule has 1 aromatic carbocycles. The van der Waals surface area contributed by atoms with E-state index in [4.69, 9.17) is 4.74 Å². The van der Waals surface area contributed by atoms with Crippen LogP contribution >= 0.6 is 24.0 Å². The first-order valence-electron chi connectivity index (χ1n) is 9.37. The van der Waals surface area contributed by atoms with E-state index in [1.165, 1.54) is 11.1 Å². The van der Waals surface area contributed by atoms with Crippen molar-refractivity contribution < 1.29 is 9.53 Å². The number of aryl methyl sites for hydroxylation is 1. The Hall–Kier alpha value is -1.51. The van der Waals surface area contributed by atoms with Crippen LogP contribution < -0.4 is 15.4 Å². The number of piperidine rings is 1. The molecule has 27 heavy (non-hydrogen) atoms. The van der Waals surface area contributed by atoms with Crippen LogP contribution in [0.4, 0.5) is 0 Å². The highest BCUT2D eigenvalue weighted by Gasteiger charge is 2.22. The molecule has 1 fully saturated rings. The van der Waals surface area contributed by atoms with Crippen LogP contribution in [0.5, 0.6) is 5.75 Å². The minimum Gasteiger partial charge on any atom is -0.496 e. The Bertz CT molecular complexity index is 628. The molecule has 1 aliphatic rings. The average Bonchev–Trinajstić information content (AvgIpc) is 2.66. The van der Waals surface area contributed by atoms with E-state index in [0.29, 0.717) is 12.3 Å². The van der Waals surface area contributed by atoms with Gasteiger partial charge in [-0.1, -0.05) is 17.7 Å². The quantitative estimate of drug-likeness (QED) is 0.367. The van der Waals surface area contributed by atoms with Crippen LogP contribution in [0, 0.1) is 12.8 Å². The number of hydrogen-bond donors (Lipinski definition) is 2. The van der Waals surface area contributed by atoms with Gasteiger partial charge in [-0.25, -0.2) is 0 Å². The zero-order chi connectivity index (χ0) is 18.9. The smallest absolute Gasteiger partial charge is 0.220 e. The number of guanidine groups is 1. The summed E-state index contributed by atoms with van der Waals surface area (Å²) in [4.78, 5) is 18.2. The first-order chi connectivity index (χ1) is 12.6. The highest BCUT2D eigenvalue weighted by molar-refractivity contribution is 14.0. The second-order valence-corrected chi connectivity index (χ2v) is 6.85. The molecule has 2 N–H and O–H groups in total. The molecule has 0 spiro atoms. The number of halogens is 1. The van der Waals surface area contributed by atoms with E-state index in [9.17, 15) is 4.79 Å². The maximum atomic E-state index is 11.5. The number of aliphatic imine (C=N–C) groups is 1. The minimum absolute atomic E-state index is 0. The maximum absolute atomic E-state index is 11.5. The Balaban J connectivity index is 0.00000364. The Morgan fingerprint density at radius 1 is 1.33 bits per heavy atom. The first kappa shape index (κ1) is 23.5. The van der Waals surface area contributed by atoms with Crippen LogP contribution in [0.2, 0.25) is 0 Å². The van der Waals surface area contributed by atoms with E-state index in [2.05, 4.69) is 39.6 Å². The fraction of sp³-hybridized carbons (Fsp3) is 0.600. The second-order valence-electron chi connectivity index (χ2n) is 6.85. The Kier molecular flexibility index (Phi) is 10.5. The molecule has 1 saturated heterocycles. The van der Waals surface area contributed by atoms with Gasteiger partial charge in [0.05, 0.1) is 7.11 Å². The number of rotatable bonds is 6. The number of amides is 1. The highest BCUT2D eigenvalue weighted by atomic mass is 127. The normalized spacial score (nSPS) is 15.1. The molecule has 2 rings (SSSR count). The molecule has 1 aromatic rings. The predicted molar refractivity (Wildman–Crippen MR) is 121 cm³/mol. The average molecular weight is 488 g/mol. The number of ether oxygens (including phenoxy) is 1. The molecular weight excluding hydrogens is 455 g/mol. The Morgan fingerprint density at radius 2 is 2.04 bits per heavy atom. The SMILES string of the molecule is CN=C(NCCc1cc(C)ccc1OC)N1CCC(CC(=O)NC)CC1.I. The molecule has 6 nitrogen and oxygen atoms in total. The fourth-order valence-corrected chi connectivity index (χ4v) is 3.46. The van der Waals surface area contributed by atoms with Gasteiger partial charge in [0, 0.05) is 40.2 Å². The topological polar surface area (TPSA) is 66.0 Å². The number of benzene rings is 1. The van der Waals surface area contributed by atoms with E-state index in [1.54, 1.807) is 14.2 Å². The van der Waals surface area contributed by atoms with Crippen LogP contribution in [0.15, 0.2) is 23.2 Å². The monoisotopic (exact) mass is 488 g/mol. The van der Waals surface area contributed by atoms with Crippen LogP contribution in [-0.4, -0.2) is 57.6 Å². The summed E-state index contributed by atoms with van der Waals surface area (Å²) in [6.07, 6.45) is 3.57. The van der Waals surface area contributed by atoms with Crippen molar-refractivity contribution in [2.24, 2.45) is 10.9 Å². The zero-order valence-corrected chi connectivity index (χ0v) is 19.2. The Morgan fingerprint density at radius 3 is 2.63 bits per heavy atom. The molecule has 152 valence electrons. The maximum Gasteiger partial charge on any atom is 0.220 e. The van der Waals surface area contributed by atoms with Crippen LogP contribution in [0.3, 0.4) is 0 Å². The molecule has 0 bridgehead atoms. The van der Waals surface area contributed by atoms with E-state index in [1.807, 2.05) is 13.1 Å². The predicted octanol–water partition coefficient (Wildman–Crippen LogP) is 2.59. The largest absolute Gasteiger partial charge is 0.496 e. The molecule has 0 unspecified atom stereocenters. The molecule has 0 aliphatic carbocycles. The minimum atomic E-state index is 0. The third-order valence-corrected chi connectivity index (χ3v) is 4.99. The van der Waals surface area contributed by atoms with Crippen molar-refractivity contribution in [3.63, 3.8) is 0 Å². The van der Waals surface area contributed by atoms with Gasteiger partial charge in [-0.2, -0.15) is 0 Å². The number of hydrogen-bond acceptors (Lipinski definition) is 3. The second kappa shape index (κ2) is 12.0. The molecular formula is C20H33IN4O2. The fourth-order valence-electron chi connectivity index (χ4n) is 3.46. The van der Waals surface area contributed by atoms with Crippen molar-refractivity contribution in [3.8, 4) is 5.75 Å². The number of carbonyl (C=O) groups is 1. The summed E-state index contributed by atoms with van der Waals surface area (Å²) in [6, 6.07) is 6.27. The van der Waals surface area contributed by atoms with E-state index in [-0.39, 0.29) is 29.9 Å². The van der Waals surface area contributed by atoms with Gasteiger partial charge >= 0.3 is 0 Å². The molecule has 0 saturated carbocycles. The number of methoxy groups -OCH3 is 1. The van der Waals surface area contributed by atoms with Crippen LogP contribution in [0.25, 0.3) is 0 Å². The number of nitrogens with one attached hydrogen (secondary N) is 2. The molecule has 1 heterocycles. The third-order valence-electron chi connectivity index (χ3n) is 4.99. The molecule has 1 amide bonds. The summed E-state index contributed by atoms with van der Waals surface area (Å²) in [6.45, 7) is 4.78. The molecule has 0 aromatic heterocycles. The van der Waals surface area contributed by atoms with Gasteiger partial charge in [0.15, 0.2) is 5.96 Å². The van der Waals surface area contributed by atoms with Crippen molar-refractivity contribution in [2.45, 2.75) is 32.6 Å². The van der Waals surface area contributed by atoms with Gasteiger partial charge in [0.2, 0.25) is 5.91 Å². The summed E-state index contributed by atoms with van der Waals surface area (Å²) in [7, 11) is 5.24. The molecule has 0 atom stereocenters. The first-order valence-corrected chi connectivity index (χ1v) is 9.37. The summed E-state index contributed by atoms with van der Waals surface area (Å²) >= 11 is 0. The molecule has 7 heteroatoms. The number of likely N-dealkylation sites (tertiary alicyclic amines) is 1. The van der Waals surface area contributed by atoms with Crippen LogP contribution in [-0.2, 0) is 11.2 Å². The third kappa shape index (κ3) is 7.20. The Labute approximate surface area is 180 Å². The van der Waals surface area contributed by atoms with Gasteiger partial charge in [-0.05, 0) is 43.7 Å². The standard InChI is InChI=1S/C20H32N4O2.HI/c1-15-5-6-18(26-4)17(13-15)7-10-23-20(22-3)24-11-8-16(9-12-24)14-19(25)21-2;/h5-6,13,16H,7-12,14H2,1-4H3,(H,21,25)(H,22,23);1H. The van der Waals surface area contributed by atoms with Crippen molar-refractivity contribution >= 4 is 35.8 Å². The number of nitrogens with zero attached hydrogens (tertiary/aromatic N) is 2. The van der Waals surface area contributed by atoms with E-state index >= 15 is 0 Å². The van der Waals surface area contributed by atoms with Crippen molar-refractivity contribution in [1.82, 2.24) is 15.5 Å². The lowest BCUT2D eigenvalue weighted by Crippen LogP contribution is -2.46. The zero-order valence-electron chi connectivity index (χ0n) is 16.9. The molecule has 1 aliphatic heterocycles. The van der Waals surface area contributed by atoms with Gasteiger partial charge in [0.25, 0.3) is 0 Å². The van der Waals surface area contributed by atoms with Gasteiger partial charge in [-0.15, -0.1) is 24.0 Å². The molecule has 0 radical (unpaired) electrons. The van der Waals surface area contributed by atoms with E-state index in [0.717, 1.165) is 50.6 Å². The lowest BCUT2D eigenvalue weighted by molar-refractivity contribution is -0.121. The van der Waals surface area contributed by atoms with Crippen molar-refractivity contribution in [1.29, 1.82) is 0 Å². The van der Waals surface area contributed by atoms with Gasteiger partial charge in [0.1, 0.15) is 5.75 Å². The van der Waals surface area contributed by atoms with Crippen molar-refractivity contribution in [3.05, 3.63) is 29.3 Å². The van der Waals surface area contributed by atoms with E-state index < -0.39 is 0 Å². The van der Waals surface area contributed by atoms with Crippen LogP contribution in [0.1, 0.15) is 30.4 Å². The highest BCUT2D eigenvalue weighted by Crippen LogP contribution is 2.21. The summed E-state index contributed by atoms with van der Waals surface area (Å²) in [5.74, 6) is 2.48. The lowest BCUT2D eigenvalue weighted by atomic mass is 9.93. The van der Waals surface area contributed by atoms with Crippen molar-refractivity contribution in [2.75, 3.05) is 40.8 Å². The van der Waals surface area contributed by atoms with Gasteiger partial charge < -0.3 is 20.3 Å². The summed E-state index contributed by atoms with van der Waals surface area (Å²) in [5.41, 5.74) is 2.45. The van der Waals surface area contributed by atoms with Gasteiger partial charge in [-0.3, -0.25) is 9.79 Å². The number of carbonyl (C=O) groups excluding carboxylic acids is 1. The lowest BCUT2D eigenvalue weighted by Gasteiger charge is -2.34. The summed E-state index contributed by atoms with van der Waals surface area (Å²) in [5, 5.41) is 6.18. The summed E-state index contributed by atoms with van der Waals surface area (Å²) < 4.78 is 5.45.